The molecule has 4 nitrogen and oxygen atoms in total. The molecule has 0 radical (unpaired) electrons. The number of hydrogen-bond donors (Lipinski definition) is 0. The Kier molecular flexibility index (Phi) is 4.34. The van der Waals surface area contributed by atoms with E-state index < -0.39 is 5.97 Å². The van der Waals surface area contributed by atoms with E-state index >= 15 is 0 Å². The number of carbonyl (C=O) groups is 1. The third-order valence-corrected chi connectivity index (χ3v) is 1.59. The largest absolute Gasteiger partial charge is 0.495 e. The number of nitrogens with zero attached hydrogens (tertiary/aromatic N) is 1. The molecule has 1 aromatic rings. The lowest BCUT2D eigenvalue weighted by Crippen LogP contribution is -2.10. The lowest BCUT2D eigenvalue weighted by Gasteiger charge is -2.07. The zero-order chi connectivity index (χ0) is 11.1. The first-order chi connectivity index (χ1) is 7.24. The third kappa shape index (κ3) is 3.81. The molecule has 0 aromatic carbocycles. The molecule has 0 fully saturated rings. The predicted molar refractivity (Wildman–Crippen MR) is 55.3 cm³/mol. The van der Waals surface area contributed by atoms with Gasteiger partial charge in [-0.1, -0.05) is 12.6 Å². The van der Waals surface area contributed by atoms with Crippen molar-refractivity contribution < 1.29 is 14.3 Å². The van der Waals surface area contributed by atoms with Crippen LogP contribution in [0.3, 0.4) is 0 Å². The van der Waals surface area contributed by atoms with Gasteiger partial charge in [-0.3, -0.25) is 0 Å². The lowest BCUT2D eigenvalue weighted by atomic mass is 10.3. The molecular weight excluding hydrogens is 194 g/mol. The molecule has 15 heavy (non-hydrogen) atoms. The molecule has 0 saturated carbocycles. The second-order valence-electron chi connectivity index (χ2n) is 2.76. The molecule has 0 bridgehead atoms. The molecule has 0 saturated heterocycles. The first-order valence-electron chi connectivity index (χ1n) is 4.62. The van der Waals surface area contributed by atoms with Gasteiger partial charge in [-0.2, -0.15) is 0 Å². The van der Waals surface area contributed by atoms with E-state index in [0.717, 1.165) is 0 Å². The maximum atomic E-state index is 11.4. The average molecular weight is 207 g/mol. The Morgan fingerprint density at radius 1 is 1.47 bits per heavy atom. The van der Waals surface area contributed by atoms with Gasteiger partial charge in [-0.25, -0.2) is 9.78 Å². The minimum absolute atomic E-state index is 0.0588. The number of aromatic nitrogens is 1. The number of esters is 1. The van der Waals surface area contributed by atoms with Crippen LogP contribution in [0.15, 0.2) is 36.7 Å². The highest BCUT2D eigenvalue weighted by molar-refractivity contribution is 5.87. The van der Waals surface area contributed by atoms with Crippen LogP contribution < -0.4 is 0 Å². The summed E-state index contributed by atoms with van der Waals surface area (Å²) in [4.78, 5) is 15.2. The average Bonchev–Trinajstić information content (AvgIpc) is 2.27. The minimum Gasteiger partial charge on any atom is -0.495 e. The van der Waals surface area contributed by atoms with Crippen molar-refractivity contribution in [2.24, 2.45) is 0 Å². The molecule has 1 heterocycles. The zero-order valence-corrected chi connectivity index (χ0v) is 8.60. The van der Waals surface area contributed by atoms with E-state index in [0.29, 0.717) is 12.4 Å². The Morgan fingerprint density at radius 2 is 2.27 bits per heavy atom. The standard InChI is InChI=1S/C11H13NO3/c1-3-14-9(2)8-15-11(13)10-6-4-5-7-12-10/h4-7H,2-3,8H2,1H3. The Hall–Kier alpha value is -1.84. The zero-order valence-electron chi connectivity index (χ0n) is 8.60. The van der Waals surface area contributed by atoms with Gasteiger partial charge in [0, 0.05) is 6.20 Å². The molecule has 0 aliphatic rings. The van der Waals surface area contributed by atoms with Crippen molar-refractivity contribution in [3.05, 3.63) is 42.4 Å². The maximum absolute atomic E-state index is 11.4. The van der Waals surface area contributed by atoms with Crippen molar-refractivity contribution >= 4 is 5.97 Å². The number of pyridine rings is 1. The Balaban J connectivity index is 2.40. The molecule has 0 unspecified atom stereocenters. The van der Waals surface area contributed by atoms with Crippen molar-refractivity contribution in [2.45, 2.75) is 6.92 Å². The fraction of sp³-hybridized carbons (Fsp3) is 0.273. The second kappa shape index (κ2) is 5.80. The van der Waals surface area contributed by atoms with Crippen molar-refractivity contribution in [2.75, 3.05) is 13.2 Å². The normalized spacial score (nSPS) is 9.40. The van der Waals surface area contributed by atoms with Crippen LogP contribution in [0, 0.1) is 0 Å². The molecule has 0 amide bonds. The Bertz CT molecular complexity index is 335. The summed E-state index contributed by atoms with van der Waals surface area (Å²) in [7, 11) is 0. The van der Waals surface area contributed by atoms with E-state index in [-0.39, 0.29) is 12.3 Å². The monoisotopic (exact) mass is 207 g/mol. The molecule has 1 aromatic heterocycles. The van der Waals surface area contributed by atoms with Crippen LogP contribution in [0.5, 0.6) is 0 Å². The molecule has 0 spiro atoms. The highest BCUT2D eigenvalue weighted by Gasteiger charge is 2.08. The van der Waals surface area contributed by atoms with Gasteiger partial charge >= 0.3 is 5.97 Å². The molecule has 0 aliphatic carbocycles. The Labute approximate surface area is 88.5 Å². The van der Waals surface area contributed by atoms with Crippen LogP contribution in [0.4, 0.5) is 0 Å². The number of carbonyl (C=O) groups excluding carboxylic acids is 1. The van der Waals surface area contributed by atoms with Gasteiger partial charge in [0.1, 0.15) is 18.1 Å². The van der Waals surface area contributed by atoms with E-state index in [4.69, 9.17) is 9.47 Å². The van der Waals surface area contributed by atoms with E-state index in [1.807, 2.05) is 6.92 Å². The van der Waals surface area contributed by atoms with Gasteiger partial charge in [-0.15, -0.1) is 0 Å². The highest BCUT2D eigenvalue weighted by atomic mass is 16.6. The van der Waals surface area contributed by atoms with Gasteiger partial charge < -0.3 is 9.47 Å². The summed E-state index contributed by atoms with van der Waals surface area (Å²) in [6, 6.07) is 5.04. The summed E-state index contributed by atoms with van der Waals surface area (Å²) in [6.45, 7) is 6.00. The first-order valence-corrected chi connectivity index (χ1v) is 4.62. The van der Waals surface area contributed by atoms with Crippen molar-refractivity contribution in [1.29, 1.82) is 0 Å². The van der Waals surface area contributed by atoms with Crippen LogP contribution in [0.2, 0.25) is 0 Å². The summed E-state index contributed by atoms with van der Waals surface area (Å²) in [5, 5.41) is 0. The van der Waals surface area contributed by atoms with Crippen LogP contribution in [-0.4, -0.2) is 24.2 Å². The summed E-state index contributed by atoms with van der Waals surface area (Å²) < 4.78 is 9.95. The predicted octanol–water partition coefficient (Wildman–Crippen LogP) is 1.79. The quantitative estimate of drug-likeness (QED) is 0.545. The van der Waals surface area contributed by atoms with Crippen molar-refractivity contribution in [1.82, 2.24) is 4.98 Å². The third-order valence-electron chi connectivity index (χ3n) is 1.59. The molecule has 1 rings (SSSR count). The second-order valence-corrected chi connectivity index (χ2v) is 2.76. The number of rotatable bonds is 5. The van der Waals surface area contributed by atoms with Crippen molar-refractivity contribution in [3.63, 3.8) is 0 Å². The fourth-order valence-corrected chi connectivity index (χ4v) is 0.949. The number of hydrogen-bond acceptors (Lipinski definition) is 4. The lowest BCUT2D eigenvalue weighted by molar-refractivity contribution is 0.0463. The smallest absolute Gasteiger partial charge is 0.357 e. The SMILES string of the molecule is C=C(COC(=O)c1ccccn1)OCC. The number of ether oxygens (including phenoxy) is 2. The van der Waals surface area contributed by atoms with Crippen LogP contribution >= 0.6 is 0 Å². The summed E-state index contributed by atoms with van der Waals surface area (Å²) in [5.74, 6) is -0.0433. The topological polar surface area (TPSA) is 48.4 Å². The van der Waals surface area contributed by atoms with Gasteiger partial charge in [0.2, 0.25) is 0 Å². The molecule has 80 valence electrons. The van der Waals surface area contributed by atoms with Crippen molar-refractivity contribution in [3.8, 4) is 0 Å². The molecule has 0 aliphatic heterocycles. The van der Waals surface area contributed by atoms with E-state index in [1.165, 1.54) is 6.20 Å². The van der Waals surface area contributed by atoms with Gasteiger partial charge in [0.05, 0.1) is 6.61 Å². The van der Waals surface area contributed by atoms with Gasteiger partial charge in [0.25, 0.3) is 0 Å². The van der Waals surface area contributed by atoms with E-state index in [2.05, 4.69) is 11.6 Å². The van der Waals surface area contributed by atoms with E-state index in [9.17, 15) is 4.79 Å². The fourth-order valence-electron chi connectivity index (χ4n) is 0.949. The van der Waals surface area contributed by atoms with Crippen LogP contribution in [-0.2, 0) is 9.47 Å². The summed E-state index contributed by atoms with van der Waals surface area (Å²) in [5.41, 5.74) is 0.279. The van der Waals surface area contributed by atoms with Crippen LogP contribution in [0.1, 0.15) is 17.4 Å². The van der Waals surface area contributed by atoms with Crippen LogP contribution in [0.25, 0.3) is 0 Å². The maximum Gasteiger partial charge on any atom is 0.357 e. The Morgan fingerprint density at radius 3 is 2.87 bits per heavy atom. The first kappa shape index (κ1) is 11.2. The molecule has 0 atom stereocenters. The van der Waals surface area contributed by atoms with Gasteiger partial charge in [0.15, 0.2) is 0 Å². The van der Waals surface area contributed by atoms with E-state index in [1.54, 1.807) is 18.2 Å². The minimum atomic E-state index is -0.476. The molecular formula is C11H13NO3. The highest BCUT2D eigenvalue weighted by Crippen LogP contribution is 2.00. The summed E-state index contributed by atoms with van der Waals surface area (Å²) in [6.07, 6.45) is 1.54. The summed E-state index contributed by atoms with van der Waals surface area (Å²) >= 11 is 0. The molecule has 0 N–H and O–H groups in total. The van der Waals surface area contributed by atoms with Gasteiger partial charge in [-0.05, 0) is 19.1 Å². The molecule has 4 heteroatoms.